The van der Waals surface area contributed by atoms with Crippen molar-refractivity contribution in [3.05, 3.63) is 29.8 Å². The van der Waals surface area contributed by atoms with E-state index < -0.39 is 0 Å². The van der Waals surface area contributed by atoms with E-state index in [1.54, 1.807) is 7.11 Å². The van der Waals surface area contributed by atoms with E-state index in [0.29, 0.717) is 0 Å². The molecule has 1 atom stereocenters. The first-order chi connectivity index (χ1) is 8.36. The number of nitrogens with one attached hydrogen (secondary N) is 1. The lowest BCUT2D eigenvalue weighted by molar-refractivity contribution is 0.145. The summed E-state index contributed by atoms with van der Waals surface area (Å²) < 4.78 is 18.6. The molecule has 0 aromatic heterocycles. The van der Waals surface area contributed by atoms with E-state index in [2.05, 4.69) is 10.2 Å². The maximum atomic E-state index is 13.3. The van der Waals surface area contributed by atoms with Gasteiger partial charge in [0.25, 0.3) is 0 Å². The molecule has 102 valence electrons. The van der Waals surface area contributed by atoms with Crippen LogP contribution in [0, 0.1) is 0 Å². The molecule has 1 N–H and O–H groups in total. The molecule has 1 heterocycles. The average Bonchev–Trinajstić information content (AvgIpc) is 2.41. The molecule has 1 aliphatic rings. The zero-order valence-corrected chi connectivity index (χ0v) is 11.4. The van der Waals surface area contributed by atoms with Gasteiger partial charge in [0.1, 0.15) is 12.4 Å². The lowest BCUT2D eigenvalue weighted by Gasteiger charge is -2.34. The van der Waals surface area contributed by atoms with Gasteiger partial charge < -0.3 is 10.1 Å². The van der Waals surface area contributed by atoms with Gasteiger partial charge in [-0.2, -0.15) is 0 Å². The van der Waals surface area contributed by atoms with Crippen molar-refractivity contribution >= 4 is 12.4 Å². The van der Waals surface area contributed by atoms with Gasteiger partial charge in [-0.1, -0.05) is 18.2 Å². The Kier molecular flexibility index (Phi) is 6.39. The van der Waals surface area contributed by atoms with E-state index in [4.69, 9.17) is 4.74 Å². The SMILES string of the molecule is COc1ccccc1[C@@H](CF)N1CCNCC1.Cl. The number of alkyl halides is 1. The lowest BCUT2D eigenvalue weighted by atomic mass is 10.0. The van der Waals surface area contributed by atoms with Crippen LogP contribution in [-0.2, 0) is 0 Å². The lowest BCUT2D eigenvalue weighted by Crippen LogP contribution is -2.45. The summed E-state index contributed by atoms with van der Waals surface area (Å²) in [5.74, 6) is 0.772. The normalized spacial score (nSPS) is 17.9. The zero-order valence-electron chi connectivity index (χ0n) is 10.6. The Balaban J connectivity index is 0.00000162. The molecular formula is C13H20ClFN2O. The molecule has 2 rings (SSSR count). The Hall–Kier alpha value is -0.840. The minimum absolute atomic E-state index is 0. The van der Waals surface area contributed by atoms with Gasteiger partial charge in [0.15, 0.2) is 0 Å². The van der Waals surface area contributed by atoms with Crippen LogP contribution in [0.25, 0.3) is 0 Å². The molecule has 0 aliphatic carbocycles. The van der Waals surface area contributed by atoms with Gasteiger partial charge in [-0.15, -0.1) is 12.4 Å². The summed E-state index contributed by atoms with van der Waals surface area (Å²) in [6.07, 6.45) is 0. The molecule has 5 heteroatoms. The smallest absolute Gasteiger partial charge is 0.123 e. The Morgan fingerprint density at radius 2 is 2.00 bits per heavy atom. The fraction of sp³-hybridized carbons (Fsp3) is 0.538. The molecule has 1 aromatic carbocycles. The maximum absolute atomic E-state index is 13.3. The third kappa shape index (κ3) is 3.34. The highest BCUT2D eigenvalue weighted by molar-refractivity contribution is 5.85. The van der Waals surface area contributed by atoms with Gasteiger partial charge in [-0.3, -0.25) is 4.90 Å². The molecule has 1 saturated heterocycles. The highest BCUT2D eigenvalue weighted by atomic mass is 35.5. The van der Waals surface area contributed by atoms with Gasteiger partial charge in [0.05, 0.1) is 13.2 Å². The average molecular weight is 275 g/mol. The van der Waals surface area contributed by atoms with Gasteiger partial charge in [-0.05, 0) is 6.07 Å². The monoisotopic (exact) mass is 274 g/mol. The van der Waals surface area contributed by atoms with Gasteiger partial charge >= 0.3 is 0 Å². The van der Waals surface area contributed by atoms with Crippen LogP contribution in [0.15, 0.2) is 24.3 Å². The number of halogens is 2. The first-order valence-electron chi connectivity index (χ1n) is 6.00. The van der Waals surface area contributed by atoms with E-state index in [9.17, 15) is 4.39 Å². The second kappa shape index (κ2) is 7.56. The molecule has 0 amide bonds. The van der Waals surface area contributed by atoms with E-state index in [1.165, 1.54) is 0 Å². The molecule has 0 saturated carbocycles. The Morgan fingerprint density at radius 1 is 1.33 bits per heavy atom. The van der Waals surface area contributed by atoms with Crippen molar-refractivity contribution in [2.24, 2.45) is 0 Å². The summed E-state index contributed by atoms with van der Waals surface area (Å²) in [5.41, 5.74) is 0.944. The number of nitrogens with zero attached hydrogens (tertiary/aromatic N) is 1. The van der Waals surface area contributed by atoms with Crippen LogP contribution in [0.1, 0.15) is 11.6 Å². The maximum Gasteiger partial charge on any atom is 0.123 e. The molecule has 18 heavy (non-hydrogen) atoms. The Labute approximate surface area is 114 Å². The number of para-hydroxylation sites is 1. The number of ether oxygens (including phenoxy) is 1. The standard InChI is InChI=1S/C13H19FN2O.ClH/c1-17-13-5-3-2-4-11(13)12(10-14)16-8-6-15-7-9-16;/h2-5,12,15H,6-10H2,1H3;1H/t12-;/m1./s1. The van der Waals surface area contributed by atoms with Crippen LogP contribution < -0.4 is 10.1 Å². The number of rotatable bonds is 4. The van der Waals surface area contributed by atoms with Crippen molar-refractivity contribution in [2.45, 2.75) is 6.04 Å². The summed E-state index contributed by atoms with van der Waals surface area (Å²) in [7, 11) is 1.63. The predicted octanol–water partition coefficient (Wildman–Crippen LogP) is 2.03. The van der Waals surface area contributed by atoms with Crippen molar-refractivity contribution in [1.82, 2.24) is 10.2 Å². The molecule has 1 fully saturated rings. The molecule has 3 nitrogen and oxygen atoms in total. The second-order valence-corrected chi connectivity index (χ2v) is 4.20. The first-order valence-corrected chi connectivity index (χ1v) is 6.00. The summed E-state index contributed by atoms with van der Waals surface area (Å²) in [5, 5.41) is 3.28. The van der Waals surface area contributed by atoms with E-state index in [0.717, 1.165) is 37.5 Å². The topological polar surface area (TPSA) is 24.5 Å². The second-order valence-electron chi connectivity index (χ2n) is 4.20. The molecular weight excluding hydrogens is 255 g/mol. The van der Waals surface area contributed by atoms with E-state index in [1.807, 2.05) is 24.3 Å². The summed E-state index contributed by atoms with van der Waals surface area (Å²) in [6.45, 7) is 3.23. The number of piperazine rings is 1. The Bertz CT molecular complexity index is 359. The fourth-order valence-electron chi connectivity index (χ4n) is 2.31. The van der Waals surface area contributed by atoms with E-state index >= 15 is 0 Å². The minimum atomic E-state index is -0.375. The molecule has 1 aliphatic heterocycles. The van der Waals surface area contributed by atoms with Gasteiger partial charge in [0, 0.05) is 31.7 Å². The number of hydrogen-bond donors (Lipinski definition) is 1. The van der Waals surface area contributed by atoms with Crippen molar-refractivity contribution in [1.29, 1.82) is 0 Å². The summed E-state index contributed by atoms with van der Waals surface area (Å²) in [6, 6.07) is 7.50. The van der Waals surface area contributed by atoms with Crippen LogP contribution in [0.4, 0.5) is 4.39 Å². The van der Waals surface area contributed by atoms with Crippen molar-refractivity contribution in [2.75, 3.05) is 40.0 Å². The zero-order chi connectivity index (χ0) is 12.1. The fourth-order valence-corrected chi connectivity index (χ4v) is 2.31. The summed E-state index contributed by atoms with van der Waals surface area (Å²) >= 11 is 0. The molecule has 0 unspecified atom stereocenters. The molecule has 0 radical (unpaired) electrons. The number of methoxy groups -OCH3 is 1. The predicted molar refractivity (Wildman–Crippen MR) is 73.4 cm³/mol. The Morgan fingerprint density at radius 3 is 2.61 bits per heavy atom. The number of hydrogen-bond acceptors (Lipinski definition) is 3. The van der Waals surface area contributed by atoms with Crippen molar-refractivity contribution in [3.63, 3.8) is 0 Å². The van der Waals surface area contributed by atoms with E-state index in [-0.39, 0.29) is 25.1 Å². The number of benzene rings is 1. The van der Waals surface area contributed by atoms with Crippen molar-refractivity contribution < 1.29 is 9.13 Å². The third-order valence-corrected chi connectivity index (χ3v) is 3.24. The van der Waals surface area contributed by atoms with Crippen LogP contribution in [0.5, 0.6) is 5.75 Å². The van der Waals surface area contributed by atoms with Crippen LogP contribution in [-0.4, -0.2) is 44.9 Å². The first kappa shape index (κ1) is 15.2. The van der Waals surface area contributed by atoms with Gasteiger partial charge in [-0.25, -0.2) is 4.39 Å². The molecule has 0 spiro atoms. The minimum Gasteiger partial charge on any atom is -0.496 e. The van der Waals surface area contributed by atoms with Gasteiger partial charge in [0.2, 0.25) is 0 Å². The van der Waals surface area contributed by atoms with Crippen LogP contribution in [0.2, 0.25) is 0 Å². The third-order valence-electron chi connectivity index (χ3n) is 3.24. The van der Waals surface area contributed by atoms with Crippen LogP contribution in [0.3, 0.4) is 0 Å². The van der Waals surface area contributed by atoms with Crippen LogP contribution >= 0.6 is 12.4 Å². The van der Waals surface area contributed by atoms with Crippen molar-refractivity contribution in [3.8, 4) is 5.75 Å². The molecule has 0 bridgehead atoms. The molecule has 1 aromatic rings. The summed E-state index contributed by atoms with van der Waals surface area (Å²) in [4.78, 5) is 2.17. The largest absolute Gasteiger partial charge is 0.496 e. The highest BCUT2D eigenvalue weighted by Gasteiger charge is 2.24. The quantitative estimate of drug-likeness (QED) is 0.909. The highest BCUT2D eigenvalue weighted by Crippen LogP contribution is 2.29.